The van der Waals surface area contributed by atoms with Crippen LogP contribution in [0.1, 0.15) is 5.56 Å². The fourth-order valence-corrected chi connectivity index (χ4v) is 2.67. The van der Waals surface area contributed by atoms with Gasteiger partial charge in [0, 0.05) is 22.2 Å². The number of amides is 1. The molecule has 0 radical (unpaired) electrons. The molecule has 24 heavy (non-hydrogen) atoms. The second-order valence-corrected chi connectivity index (χ2v) is 5.93. The van der Waals surface area contributed by atoms with Crippen molar-refractivity contribution in [1.29, 1.82) is 0 Å². The molecule has 2 aromatic carbocycles. The predicted octanol–water partition coefficient (Wildman–Crippen LogP) is 4.49. The number of carbonyl (C=O) groups is 1. The molecule has 1 heterocycles. The zero-order chi connectivity index (χ0) is 17.1. The number of benzene rings is 2. The second-order valence-electron chi connectivity index (χ2n) is 5.09. The van der Waals surface area contributed by atoms with E-state index in [1.807, 2.05) is 24.3 Å². The number of aromatic amines is 1. The molecule has 1 amide bonds. The molecular formula is C18H12Cl2N2O2. The standard InChI is InChI=1S/C18H12Cl2N2O2/c19-13-6-7-16(14(20)10-13)21-17(23)8-5-12-9-11-3-1-2-4-15(11)22-18(12)24/h1-10H,(H,21,23)(H,22,24)/b8-5+. The summed E-state index contributed by atoms with van der Waals surface area (Å²) in [5.74, 6) is -0.396. The number of hydrogen-bond donors (Lipinski definition) is 2. The Bertz CT molecular complexity index is 1010. The molecule has 0 saturated carbocycles. The summed E-state index contributed by atoms with van der Waals surface area (Å²) in [5, 5.41) is 4.35. The van der Waals surface area contributed by atoms with Crippen molar-refractivity contribution in [3.05, 3.63) is 80.6 Å². The maximum absolute atomic E-state index is 12.0. The maximum atomic E-state index is 12.0. The Labute approximate surface area is 147 Å². The number of fused-ring (bicyclic) bond motifs is 1. The fraction of sp³-hybridized carbons (Fsp3) is 0. The Kier molecular flexibility index (Phi) is 4.69. The zero-order valence-electron chi connectivity index (χ0n) is 12.3. The summed E-state index contributed by atoms with van der Waals surface area (Å²) in [6.07, 6.45) is 2.74. The van der Waals surface area contributed by atoms with Gasteiger partial charge in [-0.2, -0.15) is 0 Å². The number of nitrogens with one attached hydrogen (secondary N) is 2. The van der Waals surface area contributed by atoms with Crippen LogP contribution in [0.25, 0.3) is 17.0 Å². The van der Waals surface area contributed by atoms with E-state index in [4.69, 9.17) is 23.2 Å². The van der Waals surface area contributed by atoms with E-state index in [1.165, 1.54) is 18.2 Å². The smallest absolute Gasteiger partial charge is 0.255 e. The number of anilines is 1. The van der Waals surface area contributed by atoms with E-state index in [9.17, 15) is 9.59 Å². The Morgan fingerprint density at radius 2 is 1.88 bits per heavy atom. The summed E-state index contributed by atoms with van der Waals surface area (Å²) in [4.78, 5) is 26.8. The third-order valence-corrected chi connectivity index (χ3v) is 3.93. The second kappa shape index (κ2) is 6.91. The summed E-state index contributed by atoms with van der Waals surface area (Å²) < 4.78 is 0. The van der Waals surface area contributed by atoms with Crippen molar-refractivity contribution in [2.45, 2.75) is 0 Å². The Balaban J connectivity index is 1.81. The van der Waals surface area contributed by atoms with Gasteiger partial charge in [0.25, 0.3) is 5.56 Å². The van der Waals surface area contributed by atoms with Crippen LogP contribution in [0.4, 0.5) is 5.69 Å². The van der Waals surface area contributed by atoms with E-state index in [2.05, 4.69) is 10.3 Å². The van der Waals surface area contributed by atoms with Gasteiger partial charge in [-0.15, -0.1) is 0 Å². The molecule has 0 aliphatic heterocycles. The molecule has 0 unspecified atom stereocenters. The van der Waals surface area contributed by atoms with Gasteiger partial charge in [0.15, 0.2) is 0 Å². The average Bonchev–Trinajstić information content (AvgIpc) is 2.55. The molecule has 2 N–H and O–H groups in total. The molecule has 0 aliphatic carbocycles. The minimum Gasteiger partial charge on any atom is -0.321 e. The van der Waals surface area contributed by atoms with E-state index >= 15 is 0 Å². The molecule has 120 valence electrons. The average molecular weight is 359 g/mol. The lowest BCUT2D eigenvalue weighted by atomic mass is 10.1. The first-order valence-electron chi connectivity index (χ1n) is 7.09. The highest BCUT2D eigenvalue weighted by molar-refractivity contribution is 6.36. The van der Waals surface area contributed by atoms with E-state index in [1.54, 1.807) is 18.2 Å². The number of hydrogen-bond acceptors (Lipinski definition) is 2. The van der Waals surface area contributed by atoms with Gasteiger partial charge >= 0.3 is 0 Å². The van der Waals surface area contributed by atoms with Crippen LogP contribution < -0.4 is 10.9 Å². The van der Waals surface area contributed by atoms with Gasteiger partial charge in [-0.1, -0.05) is 41.4 Å². The lowest BCUT2D eigenvalue weighted by Gasteiger charge is -2.05. The van der Waals surface area contributed by atoms with Crippen LogP contribution in [-0.2, 0) is 4.79 Å². The predicted molar refractivity (Wildman–Crippen MR) is 98.7 cm³/mol. The zero-order valence-corrected chi connectivity index (χ0v) is 13.9. The number of aromatic nitrogens is 1. The molecule has 0 aliphatic rings. The van der Waals surface area contributed by atoms with Crippen LogP contribution in [0.15, 0.2) is 59.4 Å². The van der Waals surface area contributed by atoms with Gasteiger partial charge in [0.05, 0.1) is 10.7 Å². The van der Waals surface area contributed by atoms with Crippen LogP contribution >= 0.6 is 23.2 Å². The van der Waals surface area contributed by atoms with Crippen molar-refractivity contribution >= 4 is 51.8 Å². The van der Waals surface area contributed by atoms with Crippen LogP contribution in [0.3, 0.4) is 0 Å². The number of halogens is 2. The number of H-pyrrole nitrogens is 1. The molecule has 0 saturated heterocycles. The van der Waals surface area contributed by atoms with Gasteiger partial charge in [-0.25, -0.2) is 0 Å². The fourth-order valence-electron chi connectivity index (χ4n) is 2.22. The van der Waals surface area contributed by atoms with E-state index in [0.29, 0.717) is 21.3 Å². The van der Waals surface area contributed by atoms with Crippen LogP contribution in [0, 0.1) is 0 Å². The summed E-state index contributed by atoms with van der Waals surface area (Å²) in [6.45, 7) is 0. The topological polar surface area (TPSA) is 62.0 Å². The normalized spacial score (nSPS) is 11.1. The number of rotatable bonds is 3. The Hall–Kier alpha value is -2.56. The van der Waals surface area contributed by atoms with Crippen molar-refractivity contribution in [3.63, 3.8) is 0 Å². The quantitative estimate of drug-likeness (QED) is 0.677. The van der Waals surface area contributed by atoms with Crippen LogP contribution in [0.2, 0.25) is 10.0 Å². The van der Waals surface area contributed by atoms with Crippen molar-refractivity contribution in [3.8, 4) is 0 Å². The van der Waals surface area contributed by atoms with Crippen molar-refractivity contribution in [2.24, 2.45) is 0 Å². The summed E-state index contributed by atoms with van der Waals surface area (Å²) in [5.41, 5.74) is 1.33. The van der Waals surface area contributed by atoms with E-state index in [0.717, 1.165) is 10.9 Å². The number of carbonyl (C=O) groups excluding carboxylic acids is 1. The molecule has 0 bridgehead atoms. The highest BCUT2D eigenvalue weighted by Gasteiger charge is 2.05. The van der Waals surface area contributed by atoms with Gasteiger partial charge in [0.1, 0.15) is 0 Å². The first-order chi connectivity index (χ1) is 11.5. The Morgan fingerprint density at radius 1 is 1.08 bits per heavy atom. The summed E-state index contributed by atoms with van der Waals surface area (Å²) in [6, 6.07) is 13.9. The van der Waals surface area contributed by atoms with Crippen LogP contribution in [-0.4, -0.2) is 10.9 Å². The van der Waals surface area contributed by atoms with E-state index < -0.39 is 5.91 Å². The largest absolute Gasteiger partial charge is 0.321 e. The summed E-state index contributed by atoms with van der Waals surface area (Å²) in [7, 11) is 0. The maximum Gasteiger partial charge on any atom is 0.255 e. The lowest BCUT2D eigenvalue weighted by molar-refractivity contribution is -0.111. The van der Waals surface area contributed by atoms with Crippen molar-refractivity contribution in [2.75, 3.05) is 5.32 Å². The lowest BCUT2D eigenvalue weighted by Crippen LogP contribution is -2.11. The highest BCUT2D eigenvalue weighted by Crippen LogP contribution is 2.25. The SMILES string of the molecule is O=C(/C=C/c1cc2ccccc2[nH]c1=O)Nc1ccc(Cl)cc1Cl. The highest BCUT2D eigenvalue weighted by atomic mass is 35.5. The molecule has 3 rings (SSSR count). The van der Waals surface area contributed by atoms with Gasteiger partial charge in [-0.3, -0.25) is 9.59 Å². The number of pyridine rings is 1. The van der Waals surface area contributed by atoms with Gasteiger partial charge in [-0.05, 0) is 41.8 Å². The minimum atomic E-state index is -0.396. The number of para-hydroxylation sites is 1. The molecule has 4 nitrogen and oxygen atoms in total. The van der Waals surface area contributed by atoms with E-state index in [-0.39, 0.29) is 5.56 Å². The molecular weight excluding hydrogens is 347 g/mol. The minimum absolute atomic E-state index is 0.262. The first-order valence-corrected chi connectivity index (χ1v) is 7.85. The van der Waals surface area contributed by atoms with Crippen molar-refractivity contribution < 1.29 is 4.79 Å². The van der Waals surface area contributed by atoms with Gasteiger partial charge < -0.3 is 10.3 Å². The molecule has 6 heteroatoms. The first kappa shape index (κ1) is 16.3. The molecule has 0 spiro atoms. The third-order valence-electron chi connectivity index (χ3n) is 3.39. The monoisotopic (exact) mass is 358 g/mol. The van der Waals surface area contributed by atoms with Crippen molar-refractivity contribution in [1.82, 2.24) is 4.98 Å². The van der Waals surface area contributed by atoms with Crippen LogP contribution in [0.5, 0.6) is 0 Å². The third kappa shape index (κ3) is 3.67. The summed E-state index contributed by atoms with van der Waals surface area (Å²) >= 11 is 11.8. The molecule has 3 aromatic rings. The van der Waals surface area contributed by atoms with Gasteiger partial charge in [0.2, 0.25) is 5.91 Å². The molecule has 0 atom stereocenters. The molecule has 0 fully saturated rings. The molecule has 1 aromatic heterocycles. The Morgan fingerprint density at radius 3 is 2.67 bits per heavy atom.